The molecule has 12 heteroatoms. The number of hydrogen-bond donors (Lipinski definition) is 4. The number of halogens is 2. The molecule has 0 bridgehead atoms. The maximum Gasteiger partial charge on any atom is 0.343 e. The Morgan fingerprint density at radius 2 is 1.85 bits per heavy atom. The fourth-order valence-corrected chi connectivity index (χ4v) is 5.89. The van der Waals surface area contributed by atoms with Crippen molar-refractivity contribution in [2.24, 2.45) is 17.6 Å². The van der Waals surface area contributed by atoms with Crippen molar-refractivity contribution in [3.63, 3.8) is 0 Å². The molecule has 1 aromatic rings. The Hall–Kier alpha value is -2.66. The smallest absolute Gasteiger partial charge is 0.343 e. The number of primary amides is 1. The molecule has 0 saturated heterocycles. The minimum atomic E-state index is -2.52. The van der Waals surface area contributed by atoms with Gasteiger partial charge in [-0.05, 0) is 39.6 Å². The number of cyclic esters (lactones) is 1. The van der Waals surface area contributed by atoms with E-state index < -0.39 is 63.9 Å². The number of phenolic OH excluding ortho intramolecular Hbond substituents is 1. The molecule has 1 aliphatic heterocycles. The van der Waals surface area contributed by atoms with E-state index in [9.17, 15) is 34.5 Å². The average molecular weight is 515 g/mol. The monoisotopic (exact) mass is 514 g/mol. The zero-order chi connectivity index (χ0) is 24.6. The van der Waals surface area contributed by atoms with Crippen LogP contribution in [0.2, 0.25) is 5.02 Å². The quantitative estimate of drug-likeness (QED) is 0.339. The van der Waals surface area contributed by atoms with Crippen molar-refractivity contribution >= 4 is 47.5 Å². The summed E-state index contributed by atoms with van der Waals surface area (Å²) in [5, 5.41) is 32.4. The number of fused-ring (bicyclic) bond motifs is 2. The van der Waals surface area contributed by atoms with E-state index in [1.165, 1.54) is 31.1 Å². The predicted molar refractivity (Wildman–Crippen MR) is 121 cm³/mol. The third-order valence-electron chi connectivity index (χ3n) is 7.15. The number of aromatic hydroxyl groups is 1. The number of nitrogens with two attached hydrogens (primary N) is 1. The van der Waals surface area contributed by atoms with Gasteiger partial charge in [0.25, 0.3) is 5.91 Å². The van der Waals surface area contributed by atoms with Gasteiger partial charge in [0.1, 0.15) is 28.2 Å². The number of rotatable bonds is 3. The Kier molecular flexibility index (Phi) is 6.28. The van der Waals surface area contributed by atoms with Gasteiger partial charge in [0.05, 0.1) is 6.04 Å². The van der Waals surface area contributed by atoms with Gasteiger partial charge >= 0.3 is 5.97 Å². The molecule has 0 spiro atoms. The van der Waals surface area contributed by atoms with Crippen LogP contribution in [0.1, 0.15) is 35.7 Å². The number of ether oxygens (including phenoxy) is 1. The number of esters is 1. The first-order chi connectivity index (χ1) is 15.3. The summed E-state index contributed by atoms with van der Waals surface area (Å²) < 4.78 is 5.63. The van der Waals surface area contributed by atoms with E-state index >= 15 is 0 Å². The lowest BCUT2D eigenvalue weighted by Gasteiger charge is -2.50. The number of hydrogen-bond acceptors (Lipinski definition) is 9. The molecular weight excluding hydrogens is 491 g/mol. The van der Waals surface area contributed by atoms with Crippen LogP contribution in [0.4, 0.5) is 0 Å². The highest BCUT2D eigenvalue weighted by Gasteiger charge is 2.64. The van der Waals surface area contributed by atoms with E-state index in [-0.39, 0.29) is 47.1 Å². The third-order valence-corrected chi connectivity index (χ3v) is 7.46. The van der Waals surface area contributed by atoms with Gasteiger partial charge in [-0.25, -0.2) is 4.79 Å². The highest BCUT2D eigenvalue weighted by atomic mass is 35.5. The molecule has 184 valence electrons. The Bertz CT molecular complexity index is 1170. The molecular formula is C22H24Cl2N2O8. The number of amides is 1. The molecule has 0 aromatic heterocycles. The molecule has 5 N–H and O–H groups in total. The number of carbonyl (C=O) groups excluding carboxylic acids is 4. The minimum Gasteiger partial charge on any atom is -0.508 e. The topological polar surface area (TPSA) is 167 Å². The summed E-state index contributed by atoms with van der Waals surface area (Å²) in [6.45, 7) is 1.55. The van der Waals surface area contributed by atoms with Gasteiger partial charge in [-0.15, -0.1) is 12.4 Å². The fourth-order valence-electron chi connectivity index (χ4n) is 5.54. The number of nitrogens with zero attached hydrogens (tertiary/aromatic N) is 1. The van der Waals surface area contributed by atoms with Crippen LogP contribution in [0.25, 0.3) is 0 Å². The summed E-state index contributed by atoms with van der Waals surface area (Å²) in [5.41, 5.74) is 0.581. The van der Waals surface area contributed by atoms with Gasteiger partial charge in [0.15, 0.2) is 17.2 Å². The van der Waals surface area contributed by atoms with Gasteiger partial charge in [-0.1, -0.05) is 11.6 Å². The molecule has 1 heterocycles. The second kappa shape index (κ2) is 8.23. The van der Waals surface area contributed by atoms with E-state index in [4.69, 9.17) is 22.1 Å². The Morgan fingerprint density at radius 1 is 1.24 bits per heavy atom. The van der Waals surface area contributed by atoms with Gasteiger partial charge < -0.3 is 25.8 Å². The second-order valence-corrected chi connectivity index (χ2v) is 9.51. The zero-order valence-electron chi connectivity index (χ0n) is 18.5. The van der Waals surface area contributed by atoms with Gasteiger partial charge in [-0.2, -0.15) is 0 Å². The molecule has 1 unspecified atom stereocenters. The number of Topliss-reactive ketones (excluding diaryl/α,β-unsaturated/α-hetero) is 2. The molecule has 4 rings (SSSR count). The lowest BCUT2D eigenvalue weighted by Crippen LogP contribution is -2.65. The van der Waals surface area contributed by atoms with Crippen LogP contribution in [-0.4, -0.2) is 69.4 Å². The molecule has 2 aliphatic carbocycles. The largest absolute Gasteiger partial charge is 0.508 e. The molecule has 1 amide bonds. The van der Waals surface area contributed by atoms with Gasteiger partial charge in [0, 0.05) is 28.8 Å². The molecule has 1 fully saturated rings. The molecule has 10 nitrogen and oxygen atoms in total. The number of carbonyl (C=O) groups is 4. The number of likely N-dealkylation sites (N-methyl/N-ethyl adjacent to an activating group) is 1. The molecule has 1 aromatic carbocycles. The van der Waals surface area contributed by atoms with E-state index in [0.717, 1.165) is 0 Å². The Balaban J connectivity index is 0.00000324. The van der Waals surface area contributed by atoms with Gasteiger partial charge in [0.2, 0.25) is 0 Å². The van der Waals surface area contributed by atoms with Crippen LogP contribution in [0.15, 0.2) is 23.5 Å². The molecule has 1 saturated carbocycles. The summed E-state index contributed by atoms with van der Waals surface area (Å²) >= 11 is 6.35. The number of ketones is 2. The molecule has 3 aliphatic rings. The van der Waals surface area contributed by atoms with E-state index in [1.807, 2.05) is 0 Å². The first kappa shape index (κ1) is 26.0. The number of phenols is 1. The zero-order valence-corrected chi connectivity index (χ0v) is 20.1. The van der Waals surface area contributed by atoms with Crippen molar-refractivity contribution in [2.75, 3.05) is 14.1 Å². The van der Waals surface area contributed by atoms with Crippen molar-refractivity contribution in [1.29, 1.82) is 0 Å². The number of aliphatic hydroxyl groups excluding tert-OH is 1. The first-order valence-electron chi connectivity index (χ1n) is 10.2. The SMILES string of the molecule is CN(C)[C@@H]1C(=O)C(C(N)=O)=C(O)C2(O)C(=O)C[C@@H]([C@]3(C)OC(=O)c4c(O)ccc(Cl)c43)C[C@@H]12.Cl. The third kappa shape index (κ3) is 3.24. The van der Waals surface area contributed by atoms with Crippen molar-refractivity contribution in [2.45, 2.75) is 37.0 Å². The highest BCUT2D eigenvalue weighted by Crippen LogP contribution is 2.55. The number of aliphatic hydroxyl groups is 2. The lowest BCUT2D eigenvalue weighted by atomic mass is 9.58. The molecule has 34 heavy (non-hydrogen) atoms. The second-order valence-electron chi connectivity index (χ2n) is 9.11. The van der Waals surface area contributed by atoms with Crippen LogP contribution in [0, 0.1) is 11.8 Å². The van der Waals surface area contributed by atoms with Crippen LogP contribution in [0.3, 0.4) is 0 Å². The summed E-state index contributed by atoms with van der Waals surface area (Å²) in [5.74, 6) is -7.08. The average Bonchev–Trinajstić information content (AvgIpc) is 2.99. The van der Waals surface area contributed by atoms with Crippen molar-refractivity contribution in [1.82, 2.24) is 4.90 Å². The Morgan fingerprint density at radius 3 is 2.41 bits per heavy atom. The van der Waals surface area contributed by atoms with E-state index in [0.29, 0.717) is 0 Å². The predicted octanol–water partition coefficient (Wildman–Crippen LogP) is 0.990. The van der Waals surface area contributed by atoms with E-state index in [2.05, 4.69) is 0 Å². The first-order valence-corrected chi connectivity index (χ1v) is 10.6. The van der Waals surface area contributed by atoms with Crippen LogP contribution in [0.5, 0.6) is 5.75 Å². The van der Waals surface area contributed by atoms with E-state index in [1.54, 1.807) is 6.92 Å². The molecule has 0 radical (unpaired) electrons. The van der Waals surface area contributed by atoms with Crippen LogP contribution < -0.4 is 5.73 Å². The summed E-state index contributed by atoms with van der Waals surface area (Å²) in [6.07, 6.45) is -0.422. The molecule has 5 atom stereocenters. The van der Waals surface area contributed by atoms with Crippen molar-refractivity contribution in [3.8, 4) is 5.75 Å². The normalized spacial score (nSPS) is 32.8. The summed E-state index contributed by atoms with van der Waals surface area (Å²) in [6, 6.07) is 1.49. The standard InChI is InChI=1S/C22H23ClN2O8.ClH/c1-21(15-10(23)4-5-11(26)13(15)20(31)33-21)8-6-9-16(25(2)3)17(28)14(19(24)30)18(29)22(9,32)12(27)7-8;/h4-5,8-9,16,26,29,32H,6-7H2,1-3H3,(H2,24,30);1H/t8-,9-,16-,21-,22?;/m0./s1. The lowest BCUT2D eigenvalue weighted by molar-refractivity contribution is -0.166. The summed E-state index contributed by atoms with van der Waals surface area (Å²) in [4.78, 5) is 52.3. The minimum absolute atomic E-state index is 0. The maximum absolute atomic E-state index is 13.3. The van der Waals surface area contributed by atoms with Crippen molar-refractivity contribution in [3.05, 3.63) is 39.6 Å². The Labute approximate surface area is 205 Å². The van der Waals surface area contributed by atoms with Crippen LogP contribution >= 0.6 is 24.0 Å². The maximum atomic E-state index is 13.3. The fraction of sp³-hybridized carbons (Fsp3) is 0.455. The summed E-state index contributed by atoms with van der Waals surface area (Å²) in [7, 11) is 3.05. The highest BCUT2D eigenvalue weighted by molar-refractivity contribution is 6.32. The van der Waals surface area contributed by atoms with Gasteiger partial charge in [-0.3, -0.25) is 19.3 Å². The van der Waals surface area contributed by atoms with Crippen molar-refractivity contribution < 1.29 is 39.2 Å². The number of benzene rings is 1. The van der Waals surface area contributed by atoms with Crippen LogP contribution in [-0.2, 0) is 24.7 Å².